The first-order chi connectivity index (χ1) is 8.18. The lowest BCUT2D eigenvalue weighted by Gasteiger charge is -2.22. The predicted molar refractivity (Wildman–Crippen MR) is 70.8 cm³/mol. The van der Waals surface area contributed by atoms with E-state index in [9.17, 15) is 0 Å². The number of nitrogens with zero attached hydrogens (tertiary/aromatic N) is 2. The van der Waals surface area contributed by atoms with Gasteiger partial charge in [-0.05, 0) is 18.8 Å². The van der Waals surface area contributed by atoms with Crippen molar-refractivity contribution in [2.75, 3.05) is 13.2 Å². The van der Waals surface area contributed by atoms with Gasteiger partial charge in [0, 0.05) is 24.0 Å². The zero-order valence-corrected chi connectivity index (χ0v) is 11.7. The third kappa shape index (κ3) is 3.33. The van der Waals surface area contributed by atoms with Crippen LogP contribution in [0.1, 0.15) is 38.2 Å². The highest BCUT2D eigenvalue weighted by Crippen LogP contribution is 2.35. The highest BCUT2D eigenvalue weighted by Gasteiger charge is 2.20. The number of aromatic nitrogens is 2. The summed E-state index contributed by atoms with van der Waals surface area (Å²) in [5.74, 6) is 0.353. The number of hydrogen-bond donors (Lipinski definition) is 0. The van der Waals surface area contributed by atoms with Gasteiger partial charge in [-0.25, -0.2) is 9.97 Å². The van der Waals surface area contributed by atoms with Gasteiger partial charge < -0.3 is 4.74 Å². The number of thioether (sulfide) groups is 1. The quantitative estimate of drug-likeness (QED) is 0.789. The van der Waals surface area contributed by atoms with Crippen molar-refractivity contribution in [2.45, 2.75) is 42.9 Å². The Labute approximate surface area is 111 Å². The summed E-state index contributed by atoms with van der Waals surface area (Å²) in [6.07, 6.45) is 3.73. The van der Waals surface area contributed by atoms with Crippen LogP contribution in [0, 0.1) is 0 Å². The lowest BCUT2D eigenvalue weighted by molar-refractivity contribution is 0.1000. The largest absolute Gasteiger partial charge is 0.381 e. The van der Waals surface area contributed by atoms with Crippen molar-refractivity contribution in [3.63, 3.8) is 0 Å². The van der Waals surface area contributed by atoms with Gasteiger partial charge in [-0.2, -0.15) is 0 Å². The molecule has 17 heavy (non-hydrogen) atoms. The van der Waals surface area contributed by atoms with Crippen LogP contribution < -0.4 is 0 Å². The van der Waals surface area contributed by atoms with E-state index < -0.39 is 0 Å². The first kappa shape index (κ1) is 13.1. The van der Waals surface area contributed by atoms with E-state index in [1.165, 1.54) is 0 Å². The Morgan fingerprint density at radius 1 is 1.35 bits per heavy atom. The zero-order chi connectivity index (χ0) is 12.3. The molecule has 2 heterocycles. The van der Waals surface area contributed by atoms with E-state index in [-0.39, 0.29) is 0 Å². The minimum Gasteiger partial charge on any atom is -0.381 e. The molecular weight excluding hydrogens is 256 g/mol. The Hall–Kier alpha value is -0.320. The van der Waals surface area contributed by atoms with E-state index in [1.54, 1.807) is 6.33 Å². The number of rotatable bonds is 3. The van der Waals surface area contributed by atoms with Crippen LogP contribution in [0.15, 0.2) is 11.4 Å². The average Bonchev–Trinajstić information content (AvgIpc) is 2.30. The van der Waals surface area contributed by atoms with Crippen molar-refractivity contribution >= 4 is 23.4 Å². The van der Waals surface area contributed by atoms with Crippen molar-refractivity contribution in [1.82, 2.24) is 9.97 Å². The number of halogens is 1. The van der Waals surface area contributed by atoms with Gasteiger partial charge in [0.25, 0.3) is 0 Å². The molecule has 1 aromatic rings. The summed E-state index contributed by atoms with van der Waals surface area (Å²) in [5.41, 5.74) is 1.07. The van der Waals surface area contributed by atoms with Gasteiger partial charge in [-0.15, -0.1) is 11.8 Å². The van der Waals surface area contributed by atoms with Crippen LogP contribution in [0.4, 0.5) is 0 Å². The third-order valence-electron chi connectivity index (χ3n) is 2.82. The van der Waals surface area contributed by atoms with Gasteiger partial charge in [-0.3, -0.25) is 0 Å². The second-order valence-electron chi connectivity index (χ2n) is 4.47. The molecule has 0 N–H and O–H groups in total. The van der Waals surface area contributed by atoms with E-state index in [1.807, 2.05) is 11.8 Å². The van der Waals surface area contributed by atoms with E-state index in [0.29, 0.717) is 16.3 Å². The van der Waals surface area contributed by atoms with Crippen LogP contribution >= 0.6 is 23.4 Å². The molecule has 1 aliphatic rings. The average molecular weight is 273 g/mol. The molecule has 0 bridgehead atoms. The highest BCUT2D eigenvalue weighted by atomic mass is 35.5. The Morgan fingerprint density at radius 3 is 2.71 bits per heavy atom. The zero-order valence-electron chi connectivity index (χ0n) is 10.1. The molecule has 3 nitrogen and oxygen atoms in total. The lowest BCUT2D eigenvalue weighted by Crippen LogP contribution is -2.18. The van der Waals surface area contributed by atoms with Crippen LogP contribution in [0.25, 0.3) is 0 Å². The molecule has 2 rings (SSSR count). The van der Waals surface area contributed by atoms with Crippen LogP contribution in [-0.4, -0.2) is 28.4 Å². The Balaban J connectivity index is 2.16. The van der Waals surface area contributed by atoms with E-state index in [0.717, 1.165) is 36.6 Å². The van der Waals surface area contributed by atoms with Crippen molar-refractivity contribution in [2.24, 2.45) is 0 Å². The van der Waals surface area contributed by atoms with Crippen molar-refractivity contribution in [3.05, 3.63) is 17.0 Å². The van der Waals surface area contributed by atoms with E-state index in [4.69, 9.17) is 16.3 Å². The summed E-state index contributed by atoms with van der Waals surface area (Å²) < 4.78 is 5.37. The summed E-state index contributed by atoms with van der Waals surface area (Å²) in [6, 6.07) is 0. The second kappa shape index (κ2) is 6.03. The summed E-state index contributed by atoms with van der Waals surface area (Å²) in [6.45, 7) is 5.96. The molecule has 0 unspecified atom stereocenters. The van der Waals surface area contributed by atoms with Crippen molar-refractivity contribution < 1.29 is 4.74 Å². The summed E-state index contributed by atoms with van der Waals surface area (Å²) in [7, 11) is 0. The molecule has 1 fully saturated rings. The molecule has 0 radical (unpaired) electrons. The van der Waals surface area contributed by atoms with Crippen LogP contribution in [0.5, 0.6) is 0 Å². The molecule has 0 atom stereocenters. The molecule has 0 aromatic carbocycles. The minimum absolute atomic E-state index is 0.353. The first-order valence-electron chi connectivity index (χ1n) is 5.93. The summed E-state index contributed by atoms with van der Waals surface area (Å²) in [5, 5.41) is 2.21. The number of ether oxygens (including phenoxy) is 1. The molecule has 0 spiro atoms. The Kier molecular flexibility index (Phi) is 4.65. The molecular formula is C12H17ClN2OS. The van der Waals surface area contributed by atoms with Crippen molar-refractivity contribution in [3.8, 4) is 0 Å². The lowest BCUT2D eigenvalue weighted by atomic mass is 10.1. The fraction of sp³-hybridized carbons (Fsp3) is 0.667. The van der Waals surface area contributed by atoms with Crippen LogP contribution in [-0.2, 0) is 4.74 Å². The Bertz CT molecular complexity index is 381. The minimum atomic E-state index is 0.353. The van der Waals surface area contributed by atoms with E-state index >= 15 is 0 Å². The van der Waals surface area contributed by atoms with E-state index in [2.05, 4.69) is 23.8 Å². The molecule has 1 aromatic heterocycles. The smallest absolute Gasteiger partial charge is 0.137 e. The fourth-order valence-corrected chi connectivity index (χ4v) is 3.61. The van der Waals surface area contributed by atoms with Gasteiger partial charge in [0.05, 0.1) is 0 Å². The van der Waals surface area contributed by atoms with Crippen LogP contribution in [0.3, 0.4) is 0 Å². The standard InChI is InChI=1S/C12H17ClN2OS/c1-8(2)10-11(13)14-7-15-12(10)17-9-3-5-16-6-4-9/h7-9H,3-6H2,1-2H3. The number of hydrogen-bond acceptors (Lipinski definition) is 4. The maximum atomic E-state index is 6.15. The summed E-state index contributed by atoms with van der Waals surface area (Å²) in [4.78, 5) is 8.45. The molecule has 0 aliphatic carbocycles. The highest BCUT2D eigenvalue weighted by molar-refractivity contribution is 7.99. The van der Waals surface area contributed by atoms with Gasteiger partial charge in [0.2, 0.25) is 0 Å². The van der Waals surface area contributed by atoms with Gasteiger partial charge in [0.1, 0.15) is 16.5 Å². The second-order valence-corrected chi connectivity index (χ2v) is 6.11. The van der Waals surface area contributed by atoms with Gasteiger partial charge >= 0.3 is 0 Å². The summed E-state index contributed by atoms with van der Waals surface area (Å²) >= 11 is 7.97. The van der Waals surface area contributed by atoms with Gasteiger partial charge in [0.15, 0.2) is 0 Å². The van der Waals surface area contributed by atoms with Gasteiger partial charge in [-0.1, -0.05) is 25.4 Å². The third-order valence-corrected chi connectivity index (χ3v) is 4.48. The normalized spacial score (nSPS) is 17.6. The SMILES string of the molecule is CC(C)c1c(Cl)ncnc1SC1CCOCC1. The molecule has 1 aliphatic heterocycles. The predicted octanol–water partition coefficient (Wildman–Crippen LogP) is 3.52. The van der Waals surface area contributed by atoms with Crippen LogP contribution in [0.2, 0.25) is 5.15 Å². The molecule has 94 valence electrons. The maximum Gasteiger partial charge on any atom is 0.137 e. The first-order valence-corrected chi connectivity index (χ1v) is 7.19. The molecule has 0 amide bonds. The molecule has 5 heteroatoms. The maximum absolute atomic E-state index is 6.15. The molecule has 1 saturated heterocycles. The monoisotopic (exact) mass is 272 g/mol. The Morgan fingerprint density at radius 2 is 2.06 bits per heavy atom. The fourth-order valence-electron chi connectivity index (χ4n) is 1.89. The van der Waals surface area contributed by atoms with Crippen molar-refractivity contribution in [1.29, 1.82) is 0 Å². The molecule has 0 saturated carbocycles. The topological polar surface area (TPSA) is 35.0 Å².